The van der Waals surface area contributed by atoms with Gasteiger partial charge in [0.05, 0.1) is 12.7 Å². The van der Waals surface area contributed by atoms with E-state index in [1.165, 1.54) is 0 Å². The van der Waals surface area contributed by atoms with E-state index in [0.717, 1.165) is 0 Å². The van der Waals surface area contributed by atoms with Gasteiger partial charge in [0.25, 0.3) is 0 Å². The fourth-order valence-electron chi connectivity index (χ4n) is 1.69. The Morgan fingerprint density at radius 1 is 1.20 bits per heavy atom. The van der Waals surface area contributed by atoms with Gasteiger partial charge in [-0.3, -0.25) is 20.4 Å². The maximum absolute atomic E-state index is 11.6. The molecule has 0 heterocycles. The van der Waals surface area contributed by atoms with Crippen LogP contribution in [0.25, 0.3) is 0 Å². The van der Waals surface area contributed by atoms with E-state index in [9.17, 15) is 14.7 Å². The third-order valence-corrected chi connectivity index (χ3v) is 2.71. The highest BCUT2D eigenvalue weighted by Crippen LogP contribution is 2.14. The number of hydrogen-bond acceptors (Lipinski definition) is 6. The molecule has 0 aromatic carbocycles. The molecule has 0 unspecified atom stereocenters. The molecule has 0 saturated heterocycles. The van der Waals surface area contributed by atoms with Gasteiger partial charge in [0.1, 0.15) is 0 Å². The minimum atomic E-state index is -0.781. The smallest absolute Gasteiger partial charge is 0.237 e. The van der Waals surface area contributed by atoms with Gasteiger partial charge in [-0.15, -0.1) is 0 Å². The van der Waals surface area contributed by atoms with Crippen LogP contribution < -0.4 is 22.5 Å². The lowest BCUT2D eigenvalue weighted by atomic mass is 9.95. The topological polar surface area (TPSA) is 140 Å². The van der Waals surface area contributed by atoms with Crippen molar-refractivity contribution in [1.82, 2.24) is 10.9 Å². The van der Waals surface area contributed by atoms with Crippen LogP contribution in [-0.4, -0.2) is 36.2 Å². The number of nitrogens with one attached hydrogen (secondary N) is 2. The SMILES string of the molecule is CC(C)COC[C@@H](O)C[C@H](CCC(=O)NN)C(=O)NN. The van der Waals surface area contributed by atoms with Gasteiger partial charge in [-0.25, -0.2) is 11.7 Å². The van der Waals surface area contributed by atoms with E-state index in [0.29, 0.717) is 12.5 Å². The summed E-state index contributed by atoms with van der Waals surface area (Å²) in [5, 5.41) is 9.83. The molecule has 0 rings (SSSR count). The van der Waals surface area contributed by atoms with Crippen molar-refractivity contribution in [1.29, 1.82) is 0 Å². The molecule has 0 aliphatic carbocycles. The van der Waals surface area contributed by atoms with Crippen LogP contribution in [0.2, 0.25) is 0 Å². The molecular weight excluding hydrogens is 264 g/mol. The lowest BCUT2D eigenvalue weighted by Gasteiger charge is -2.19. The molecule has 8 heteroatoms. The molecule has 0 saturated carbocycles. The van der Waals surface area contributed by atoms with E-state index in [4.69, 9.17) is 16.4 Å². The molecule has 0 aliphatic heterocycles. The van der Waals surface area contributed by atoms with Crippen molar-refractivity contribution in [2.75, 3.05) is 13.2 Å². The maximum atomic E-state index is 11.6. The first kappa shape index (κ1) is 18.8. The Hall–Kier alpha value is -1.22. The van der Waals surface area contributed by atoms with Crippen LogP contribution in [0.15, 0.2) is 0 Å². The highest BCUT2D eigenvalue weighted by Gasteiger charge is 2.22. The molecule has 0 fully saturated rings. The zero-order valence-electron chi connectivity index (χ0n) is 12.1. The highest BCUT2D eigenvalue weighted by atomic mass is 16.5. The minimum absolute atomic E-state index is 0.0914. The number of rotatable bonds is 10. The van der Waals surface area contributed by atoms with Crippen LogP contribution in [0.4, 0.5) is 0 Å². The monoisotopic (exact) mass is 290 g/mol. The quantitative estimate of drug-likeness (QED) is 0.194. The molecule has 0 radical (unpaired) electrons. The van der Waals surface area contributed by atoms with Gasteiger partial charge in [0.2, 0.25) is 11.8 Å². The van der Waals surface area contributed by atoms with Crippen molar-refractivity contribution < 1.29 is 19.4 Å². The van der Waals surface area contributed by atoms with E-state index in [2.05, 4.69) is 0 Å². The average molecular weight is 290 g/mol. The second-order valence-corrected chi connectivity index (χ2v) is 5.13. The molecule has 0 aromatic heterocycles. The van der Waals surface area contributed by atoms with Gasteiger partial charge in [-0.2, -0.15) is 0 Å². The predicted molar refractivity (Wildman–Crippen MR) is 73.7 cm³/mol. The van der Waals surface area contributed by atoms with Crippen molar-refractivity contribution in [3.8, 4) is 0 Å². The van der Waals surface area contributed by atoms with Crippen LogP contribution in [0.1, 0.15) is 33.1 Å². The third-order valence-electron chi connectivity index (χ3n) is 2.71. The Kier molecular flexibility index (Phi) is 9.91. The maximum Gasteiger partial charge on any atom is 0.237 e. The number of aliphatic hydroxyl groups is 1. The van der Waals surface area contributed by atoms with E-state index < -0.39 is 17.9 Å². The van der Waals surface area contributed by atoms with Crippen LogP contribution >= 0.6 is 0 Å². The number of carbonyl (C=O) groups is 2. The molecule has 0 spiro atoms. The predicted octanol–water partition coefficient (Wildman–Crippen LogP) is -1.21. The van der Waals surface area contributed by atoms with Gasteiger partial charge in [0.15, 0.2) is 0 Å². The fraction of sp³-hybridized carbons (Fsp3) is 0.833. The molecule has 2 amide bonds. The molecular formula is C12H26N4O4. The molecule has 0 bridgehead atoms. The zero-order chi connectivity index (χ0) is 15.5. The number of carbonyl (C=O) groups excluding carboxylic acids is 2. The summed E-state index contributed by atoms with van der Waals surface area (Å²) in [5.74, 6) is 9.08. The lowest BCUT2D eigenvalue weighted by molar-refractivity contribution is -0.127. The first-order valence-corrected chi connectivity index (χ1v) is 6.66. The summed E-state index contributed by atoms with van der Waals surface area (Å²) in [5.41, 5.74) is 4.02. The van der Waals surface area contributed by atoms with Crippen LogP contribution in [0.5, 0.6) is 0 Å². The van der Waals surface area contributed by atoms with Crippen LogP contribution in [-0.2, 0) is 14.3 Å². The summed E-state index contributed by atoms with van der Waals surface area (Å²) in [6.45, 7) is 4.70. The average Bonchev–Trinajstić information content (AvgIpc) is 2.41. The molecule has 0 aromatic rings. The molecule has 20 heavy (non-hydrogen) atoms. The Morgan fingerprint density at radius 2 is 1.85 bits per heavy atom. The summed E-state index contributed by atoms with van der Waals surface area (Å²) in [6.07, 6.45) is -0.252. The second kappa shape index (κ2) is 10.6. The first-order valence-electron chi connectivity index (χ1n) is 6.66. The molecule has 118 valence electrons. The Bertz CT molecular complexity index is 299. The first-order chi connectivity index (χ1) is 9.40. The Balaban J connectivity index is 4.20. The highest BCUT2D eigenvalue weighted by molar-refractivity contribution is 5.80. The summed E-state index contributed by atoms with van der Waals surface area (Å²) in [7, 11) is 0. The molecule has 2 atom stereocenters. The van der Waals surface area contributed by atoms with Gasteiger partial charge in [-0.1, -0.05) is 13.8 Å². The van der Waals surface area contributed by atoms with Crippen LogP contribution in [0, 0.1) is 11.8 Å². The number of amides is 2. The zero-order valence-corrected chi connectivity index (χ0v) is 12.1. The lowest BCUT2D eigenvalue weighted by Crippen LogP contribution is -2.39. The number of ether oxygens (including phenoxy) is 1. The third kappa shape index (κ3) is 8.81. The Labute approximate surface area is 119 Å². The van der Waals surface area contributed by atoms with Gasteiger partial charge < -0.3 is 9.84 Å². The summed E-state index contributed by atoms with van der Waals surface area (Å²) in [4.78, 5) is 22.7. The van der Waals surface area contributed by atoms with Crippen LogP contribution in [0.3, 0.4) is 0 Å². The summed E-state index contributed by atoms with van der Waals surface area (Å²) in [6, 6.07) is 0. The number of hydrazine groups is 2. The number of nitrogens with two attached hydrogens (primary N) is 2. The van der Waals surface area contributed by atoms with E-state index in [-0.39, 0.29) is 31.8 Å². The normalized spacial score (nSPS) is 13.9. The van der Waals surface area contributed by atoms with E-state index in [1.54, 1.807) is 0 Å². The summed E-state index contributed by atoms with van der Waals surface area (Å²) < 4.78 is 5.31. The van der Waals surface area contributed by atoms with Crippen molar-refractivity contribution in [3.63, 3.8) is 0 Å². The van der Waals surface area contributed by atoms with Gasteiger partial charge in [-0.05, 0) is 18.8 Å². The van der Waals surface area contributed by atoms with Crippen molar-refractivity contribution in [2.24, 2.45) is 23.5 Å². The van der Waals surface area contributed by atoms with Crippen molar-refractivity contribution in [3.05, 3.63) is 0 Å². The number of hydrogen-bond donors (Lipinski definition) is 5. The Morgan fingerprint density at radius 3 is 2.35 bits per heavy atom. The largest absolute Gasteiger partial charge is 0.391 e. The van der Waals surface area contributed by atoms with E-state index >= 15 is 0 Å². The molecule has 7 N–H and O–H groups in total. The van der Waals surface area contributed by atoms with Gasteiger partial charge >= 0.3 is 0 Å². The van der Waals surface area contributed by atoms with Gasteiger partial charge in [0, 0.05) is 18.9 Å². The standard InChI is InChI=1S/C12H26N4O4/c1-8(2)6-20-7-10(17)5-9(12(19)16-14)3-4-11(18)15-13/h8-10,17H,3-7,13-14H2,1-2H3,(H,15,18)(H,16,19)/t9-,10-/m0/s1. The number of aliphatic hydroxyl groups excluding tert-OH is 1. The molecule has 0 aliphatic rings. The van der Waals surface area contributed by atoms with Crippen molar-refractivity contribution in [2.45, 2.75) is 39.2 Å². The molecule has 8 nitrogen and oxygen atoms in total. The minimum Gasteiger partial charge on any atom is -0.391 e. The second-order valence-electron chi connectivity index (χ2n) is 5.13. The summed E-state index contributed by atoms with van der Waals surface area (Å²) >= 11 is 0. The van der Waals surface area contributed by atoms with Crippen molar-refractivity contribution >= 4 is 11.8 Å². The van der Waals surface area contributed by atoms with E-state index in [1.807, 2.05) is 24.7 Å². The fourth-order valence-corrected chi connectivity index (χ4v) is 1.69.